The Balaban J connectivity index is 1.63. The Morgan fingerprint density at radius 2 is 1.88 bits per heavy atom. The minimum Gasteiger partial charge on any atom is -0.361 e. The maximum Gasteiger partial charge on any atom is 0.256 e. The van der Waals surface area contributed by atoms with Crippen LogP contribution in [0.15, 0.2) is 54.7 Å². The van der Waals surface area contributed by atoms with Crippen molar-refractivity contribution in [3.05, 3.63) is 65.3 Å². The highest BCUT2D eigenvalue weighted by Gasteiger charge is 2.37. The Kier molecular flexibility index (Phi) is 3.75. The van der Waals surface area contributed by atoms with E-state index in [0.29, 0.717) is 22.2 Å². The molecule has 0 saturated carbocycles. The van der Waals surface area contributed by atoms with Gasteiger partial charge in [-0.3, -0.25) is 9.69 Å². The Morgan fingerprint density at radius 1 is 1.12 bits per heavy atom. The van der Waals surface area contributed by atoms with Gasteiger partial charge >= 0.3 is 0 Å². The Labute approximate surface area is 149 Å². The molecule has 24 heavy (non-hydrogen) atoms. The number of carbonyl (C=O) groups is 1. The van der Waals surface area contributed by atoms with Crippen molar-refractivity contribution in [2.75, 3.05) is 4.90 Å². The fourth-order valence-electron chi connectivity index (χ4n) is 3.05. The van der Waals surface area contributed by atoms with Crippen LogP contribution in [0.25, 0.3) is 10.9 Å². The van der Waals surface area contributed by atoms with Crippen LogP contribution < -0.4 is 10.2 Å². The molecule has 1 amide bonds. The van der Waals surface area contributed by atoms with Gasteiger partial charge in [-0.25, -0.2) is 0 Å². The summed E-state index contributed by atoms with van der Waals surface area (Å²) in [6, 6.07) is 14.8. The van der Waals surface area contributed by atoms with Gasteiger partial charge in [-0.05, 0) is 36.0 Å². The number of fused-ring (bicyclic) bond motifs is 1. The summed E-state index contributed by atoms with van der Waals surface area (Å²) in [7, 11) is 0. The number of benzene rings is 2. The molecule has 4 nitrogen and oxygen atoms in total. The van der Waals surface area contributed by atoms with Crippen molar-refractivity contribution in [2.24, 2.45) is 0 Å². The van der Waals surface area contributed by atoms with E-state index in [1.807, 2.05) is 42.6 Å². The number of aromatic nitrogens is 1. The molecule has 2 heterocycles. The molecular weight excluding hydrogens is 342 g/mol. The van der Waals surface area contributed by atoms with E-state index in [2.05, 4.69) is 10.3 Å². The zero-order valence-electron chi connectivity index (χ0n) is 12.6. The van der Waals surface area contributed by atoms with Gasteiger partial charge < -0.3 is 10.3 Å². The number of anilines is 1. The number of para-hydroxylation sites is 2. The summed E-state index contributed by atoms with van der Waals surface area (Å²) in [5.41, 5.74) is 2.76. The Morgan fingerprint density at radius 3 is 2.71 bits per heavy atom. The van der Waals surface area contributed by atoms with Crippen LogP contribution in [0.1, 0.15) is 5.56 Å². The first-order chi connectivity index (χ1) is 11.6. The van der Waals surface area contributed by atoms with E-state index in [4.69, 9.17) is 23.8 Å². The van der Waals surface area contributed by atoms with Crippen molar-refractivity contribution in [3.8, 4) is 0 Å². The summed E-state index contributed by atoms with van der Waals surface area (Å²) in [4.78, 5) is 17.6. The maximum absolute atomic E-state index is 12.8. The van der Waals surface area contributed by atoms with Gasteiger partial charge in [-0.1, -0.05) is 41.9 Å². The van der Waals surface area contributed by atoms with E-state index < -0.39 is 6.04 Å². The highest BCUT2D eigenvalue weighted by molar-refractivity contribution is 7.80. The number of aromatic amines is 1. The largest absolute Gasteiger partial charge is 0.361 e. The van der Waals surface area contributed by atoms with Gasteiger partial charge in [0.15, 0.2) is 5.11 Å². The number of nitrogens with one attached hydrogen (secondary N) is 2. The summed E-state index contributed by atoms with van der Waals surface area (Å²) in [6.45, 7) is 0. The molecule has 2 N–H and O–H groups in total. The minimum absolute atomic E-state index is 0.0848. The molecule has 0 unspecified atom stereocenters. The second-order valence-electron chi connectivity index (χ2n) is 5.69. The number of hydrogen-bond donors (Lipinski definition) is 2. The van der Waals surface area contributed by atoms with Gasteiger partial charge in [0, 0.05) is 23.5 Å². The van der Waals surface area contributed by atoms with Gasteiger partial charge in [0.25, 0.3) is 5.91 Å². The third-order valence-corrected chi connectivity index (χ3v) is 4.83. The van der Waals surface area contributed by atoms with Crippen LogP contribution in [0.5, 0.6) is 0 Å². The van der Waals surface area contributed by atoms with Crippen molar-refractivity contribution < 1.29 is 4.79 Å². The number of thiocarbonyl (C=S) groups is 1. The van der Waals surface area contributed by atoms with E-state index in [9.17, 15) is 4.79 Å². The second-order valence-corrected chi connectivity index (χ2v) is 6.48. The molecule has 1 saturated heterocycles. The molecule has 0 spiro atoms. The zero-order chi connectivity index (χ0) is 16.7. The molecule has 6 heteroatoms. The fraction of sp³-hybridized carbons (Fsp3) is 0.111. The van der Waals surface area contributed by atoms with Crippen molar-refractivity contribution in [2.45, 2.75) is 12.5 Å². The van der Waals surface area contributed by atoms with Crippen LogP contribution in [0.3, 0.4) is 0 Å². The summed E-state index contributed by atoms with van der Waals surface area (Å²) in [5.74, 6) is -0.0848. The van der Waals surface area contributed by atoms with Gasteiger partial charge in [-0.15, -0.1) is 0 Å². The fourth-order valence-corrected chi connectivity index (χ4v) is 3.60. The second kappa shape index (κ2) is 5.92. The maximum atomic E-state index is 12.8. The molecule has 4 rings (SSSR count). The zero-order valence-corrected chi connectivity index (χ0v) is 14.2. The average Bonchev–Trinajstić information content (AvgIpc) is 3.11. The number of nitrogens with zero attached hydrogens (tertiary/aromatic N) is 1. The molecule has 1 fully saturated rings. The molecule has 0 aliphatic carbocycles. The predicted octanol–water partition coefficient (Wildman–Crippen LogP) is 3.65. The van der Waals surface area contributed by atoms with Gasteiger partial charge in [0.2, 0.25) is 0 Å². The Hall–Kier alpha value is -2.37. The monoisotopic (exact) mass is 355 g/mol. The summed E-state index contributed by atoms with van der Waals surface area (Å²) < 4.78 is 0. The highest BCUT2D eigenvalue weighted by Crippen LogP contribution is 2.29. The van der Waals surface area contributed by atoms with E-state index in [0.717, 1.165) is 16.5 Å². The van der Waals surface area contributed by atoms with Gasteiger partial charge in [0.05, 0.1) is 10.7 Å². The van der Waals surface area contributed by atoms with Crippen LogP contribution >= 0.6 is 23.8 Å². The number of rotatable bonds is 3. The lowest BCUT2D eigenvalue weighted by molar-refractivity contribution is -0.118. The molecule has 1 atom stereocenters. The first-order valence-electron chi connectivity index (χ1n) is 7.59. The topological polar surface area (TPSA) is 48.1 Å². The number of hydrogen-bond acceptors (Lipinski definition) is 2. The van der Waals surface area contributed by atoms with Crippen LogP contribution in [-0.4, -0.2) is 22.0 Å². The molecule has 1 aliphatic rings. The van der Waals surface area contributed by atoms with Crippen molar-refractivity contribution in [3.63, 3.8) is 0 Å². The number of carbonyl (C=O) groups excluding carboxylic acids is 1. The summed E-state index contributed by atoms with van der Waals surface area (Å²) in [6.07, 6.45) is 2.50. The minimum atomic E-state index is -0.395. The number of H-pyrrole nitrogens is 1. The quantitative estimate of drug-likeness (QED) is 0.705. The van der Waals surface area contributed by atoms with E-state index in [1.165, 1.54) is 4.90 Å². The van der Waals surface area contributed by atoms with Crippen LogP contribution in [0, 0.1) is 0 Å². The van der Waals surface area contributed by atoms with E-state index >= 15 is 0 Å². The average molecular weight is 356 g/mol. The first-order valence-corrected chi connectivity index (χ1v) is 8.38. The van der Waals surface area contributed by atoms with Crippen molar-refractivity contribution in [1.82, 2.24) is 10.3 Å². The van der Waals surface area contributed by atoms with Gasteiger partial charge in [0.1, 0.15) is 6.04 Å². The lowest BCUT2D eigenvalue weighted by atomic mass is 10.0. The number of halogens is 1. The molecule has 1 aliphatic heterocycles. The van der Waals surface area contributed by atoms with Crippen molar-refractivity contribution >= 4 is 51.4 Å². The van der Waals surface area contributed by atoms with Crippen LogP contribution in [-0.2, 0) is 11.2 Å². The predicted molar refractivity (Wildman–Crippen MR) is 100 cm³/mol. The lowest BCUT2D eigenvalue weighted by Gasteiger charge is -2.16. The lowest BCUT2D eigenvalue weighted by Crippen LogP contribution is -2.32. The van der Waals surface area contributed by atoms with Crippen molar-refractivity contribution in [1.29, 1.82) is 0 Å². The molecule has 0 radical (unpaired) electrons. The first kappa shape index (κ1) is 15.2. The SMILES string of the molecule is O=C1[C@@H](Cc2c[nH]c3ccccc23)NC(=S)N1c1ccccc1Cl. The van der Waals surface area contributed by atoms with Crippen LogP contribution in [0.2, 0.25) is 5.02 Å². The third-order valence-electron chi connectivity index (χ3n) is 4.21. The molecule has 1 aromatic heterocycles. The standard InChI is InChI=1S/C18H14ClN3OS/c19-13-6-2-4-8-16(13)22-17(23)15(21-18(22)24)9-11-10-20-14-7-3-1-5-12(11)14/h1-8,10,15,20H,9H2,(H,21,24)/t15-/m1/s1. The third kappa shape index (κ3) is 2.46. The highest BCUT2D eigenvalue weighted by atomic mass is 35.5. The molecular formula is C18H14ClN3OS. The normalized spacial score (nSPS) is 17.5. The molecule has 120 valence electrons. The van der Waals surface area contributed by atoms with E-state index in [1.54, 1.807) is 12.1 Å². The van der Waals surface area contributed by atoms with Gasteiger partial charge in [-0.2, -0.15) is 0 Å². The molecule has 3 aromatic rings. The summed E-state index contributed by atoms with van der Waals surface area (Å²) >= 11 is 11.6. The number of amides is 1. The smallest absolute Gasteiger partial charge is 0.256 e. The van der Waals surface area contributed by atoms with Crippen LogP contribution in [0.4, 0.5) is 5.69 Å². The Bertz CT molecular complexity index is 952. The summed E-state index contributed by atoms with van der Waals surface area (Å²) in [5, 5.41) is 5.13. The van der Waals surface area contributed by atoms with E-state index in [-0.39, 0.29) is 5.91 Å². The molecule has 2 aromatic carbocycles. The molecule has 0 bridgehead atoms.